The Morgan fingerprint density at radius 2 is 1.74 bits per heavy atom. The van der Waals surface area contributed by atoms with E-state index in [1.54, 1.807) is 0 Å². The van der Waals surface area contributed by atoms with Gasteiger partial charge in [0.15, 0.2) is 0 Å². The van der Waals surface area contributed by atoms with E-state index in [4.69, 9.17) is 10.7 Å². The second-order valence-corrected chi connectivity index (χ2v) is 7.05. The third-order valence-electron chi connectivity index (χ3n) is 5.01. The fraction of sp³-hybridized carbons (Fsp3) is 0.208. The molecule has 4 aromatic rings. The number of unbranched alkanes of at least 4 members (excludes halogenated alkanes) is 2. The van der Waals surface area contributed by atoms with Crippen LogP contribution in [0.2, 0.25) is 0 Å². The largest absolute Gasteiger partial charge is 0.397 e. The van der Waals surface area contributed by atoms with Gasteiger partial charge in [0.2, 0.25) is 0 Å². The predicted molar refractivity (Wildman–Crippen MR) is 117 cm³/mol. The highest BCUT2D eigenvalue weighted by Gasteiger charge is 2.10. The fourth-order valence-corrected chi connectivity index (χ4v) is 3.49. The van der Waals surface area contributed by atoms with Crippen LogP contribution in [0.15, 0.2) is 54.6 Å². The third-order valence-corrected chi connectivity index (χ3v) is 5.01. The SMILES string of the molecule is CCCCCc1nc2[nH]c3ccc(C=Cc4ccccc4)cc3c2cc1N. The van der Waals surface area contributed by atoms with Gasteiger partial charge in [0.25, 0.3) is 0 Å². The molecule has 0 aliphatic rings. The summed E-state index contributed by atoms with van der Waals surface area (Å²) in [5, 5.41) is 2.26. The van der Waals surface area contributed by atoms with E-state index >= 15 is 0 Å². The Labute approximate surface area is 159 Å². The lowest BCUT2D eigenvalue weighted by Gasteiger charge is -2.04. The molecule has 2 aromatic carbocycles. The van der Waals surface area contributed by atoms with Crippen molar-refractivity contribution in [3.05, 3.63) is 71.4 Å². The first kappa shape index (κ1) is 17.3. The van der Waals surface area contributed by atoms with Gasteiger partial charge in [0.1, 0.15) is 5.65 Å². The summed E-state index contributed by atoms with van der Waals surface area (Å²) in [6.45, 7) is 2.21. The summed E-state index contributed by atoms with van der Waals surface area (Å²) in [4.78, 5) is 8.25. The van der Waals surface area contributed by atoms with Gasteiger partial charge in [-0.3, -0.25) is 0 Å². The van der Waals surface area contributed by atoms with E-state index in [0.717, 1.165) is 46.3 Å². The molecule has 0 fully saturated rings. The summed E-state index contributed by atoms with van der Waals surface area (Å²) < 4.78 is 0. The van der Waals surface area contributed by atoms with Crippen molar-refractivity contribution in [2.45, 2.75) is 32.6 Å². The third kappa shape index (κ3) is 3.72. The maximum Gasteiger partial charge on any atom is 0.138 e. The van der Waals surface area contributed by atoms with Crippen LogP contribution < -0.4 is 5.73 Å². The van der Waals surface area contributed by atoms with Crippen LogP contribution in [-0.4, -0.2) is 9.97 Å². The van der Waals surface area contributed by atoms with Crippen molar-refractivity contribution in [2.24, 2.45) is 0 Å². The molecule has 4 rings (SSSR count). The molecule has 0 aliphatic carbocycles. The number of aromatic nitrogens is 2. The molecular formula is C24H25N3. The molecule has 3 heteroatoms. The van der Waals surface area contributed by atoms with Gasteiger partial charge in [0, 0.05) is 16.3 Å². The number of nitrogens with one attached hydrogen (secondary N) is 1. The summed E-state index contributed by atoms with van der Waals surface area (Å²) in [7, 11) is 0. The Morgan fingerprint density at radius 3 is 2.56 bits per heavy atom. The zero-order valence-corrected chi connectivity index (χ0v) is 15.7. The van der Waals surface area contributed by atoms with E-state index in [1.165, 1.54) is 23.8 Å². The normalized spacial score (nSPS) is 11.7. The number of pyridine rings is 1. The monoisotopic (exact) mass is 355 g/mol. The lowest BCUT2D eigenvalue weighted by atomic mass is 10.1. The Hall–Kier alpha value is -3.07. The number of hydrogen-bond donors (Lipinski definition) is 2. The summed E-state index contributed by atoms with van der Waals surface area (Å²) in [6.07, 6.45) is 8.76. The molecule has 0 saturated heterocycles. The number of hydrogen-bond acceptors (Lipinski definition) is 2. The van der Waals surface area contributed by atoms with Gasteiger partial charge in [-0.05, 0) is 42.2 Å². The predicted octanol–water partition coefficient (Wildman–Crippen LogP) is 6.20. The van der Waals surface area contributed by atoms with E-state index in [1.807, 2.05) is 6.07 Å². The van der Waals surface area contributed by atoms with E-state index in [9.17, 15) is 0 Å². The molecule has 0 radical (unpaired) electrons. The molecular weight excluding hydrogens is 330 g/mol. The summed E-state index contributed by atoms with van der Waals surface area (Å²) in [6, 6.07) is 18.9. The molecule has 2 aromatic heterocycles. The van der Waals surface area contributed by atoms with Gasteiger partial charge >= 0.3 is 0 Å². The molecule has 0 atom stereocenters. The maximum absolute atomic E-state index is 6.30. The highest BCUT2D eigenvalue weighted by atomic mass is 14.9. The van der Waals surface area contributed by atoms with Gasteiger partial charge in [-0.1, -0.05) is 68.3 Å². The number of H-pyrrole nitrogens is 1. The molecule has 2 heterocycles. The molecule has 0 bridgehead atoms. The van der Waals surface area contributed by atoms with E-state index in [-0.39, 0.29) is 0 Å². The van der Waals surface area contributed by atoms with Crippen molar-refractivity contribution in [3.8, 4) is 0 Å². The maximum atomic E-state index is 6.30. The van der Waals surface area contributed by atoms with E-state index in [0.29, 0.717) is 0 Å². The number of nitrogens with two attached hydrogens (primary N) is 1. The lowest BCUT2D eigenvalue weighted by molar-refractivity contribution is 0.710. The minimum atomic E-state index is 0.796. The molecule has 0 saturated carbocycles. The number of nitrogens with zero attached hydrogens (tertiary/aromatic N) is 1. The topological polar surface area (TPSA) is 54.7 Å². The molecule has 27 heavy (non-hydrogen) atoms. The molecule has 0 amide bonds. The van der Waals surface area contributed by atoms with Crippen molar-refractivity contribution >= 4 is 39.8 Å². The van der Waals surface area contributed by atoms with Crippen LogP contribution >= 0.6 is 0 Å². The van der Waals surface area contributed by atoms with Gasteiger partial charge in [-0.25, -0.2) is 4.98 Å². The fourth-order valence-electron chi connectivity index (χ4n) is 3.49. The van der Waals surface area contributed by atoms with Crippen LogP contribution in [0.25, 0.3) is 34.1 Å². The second-order valence-electron chi connectivity index (χ2n) is 7.05. The Bertz CT molecular complexity index is 1090. The number of aryl methyl sites for hydroxylation is 1. The quantitative estimate of drug-likeness (QED) is 0.319. The Balaban J connectivity index is 1.69. The van der Waals surface area contributed by atoms with Crippen LogP contribution in [0.4, 0.5) is 5.69 Å². The number of anilines is 1. The van der Waals surface area contributed by atoms with Gasteiger partial charge in [-0.2, -0.15) is 0 Å². The highest BCUT2D eigenvalue weighted by Crippen LogP contribution is 2.29. The number of rotatable bonds is 6. The summed E-state index contributed by atoms with van der Waals surface area (Å²) in [5.74, 6) is 0. The Morgan fingerprint density at radius 1 is 0.926 bits per heavy atom. The minimum absolute atomic E-state index is 0.796. The van der Waals surface area contributed by atoms with Crippen LogP contribution in [0.3, 0.4) is 0 Å². The zero-order chi connectivity index (χ0) is 18.6. The van der Waals surface area contributed by atoms with Crippen LogP contribution in [0, 0.1) is 0 Å². The molecule has 0 aliphatic heterocycles. The summed E-state index contributed by atoms with van der Waals surface area (Å²) >= 11 is 0. The first-order chi connectivity index (χ1) is 13.2. The number of nitrogen functional groups attached to an aromatic ring is 1. The second kappa shape index (κ2) is 7.67. The number of fused-ring (bicyclic) bond motifs is 3. The number of benzene rings is 2. The van der Waals surface area contributed by atoms with Crippen molar-refractivity contribution in [1.29, 1.82) is 0 Å². The molecule has 0 unspecified atom stereocenters. The van der Waals surface area contributed by atoms with Crippen molar-refractivity contribution < 1.29 is 0 Å². The van der Waals surface area contributed by atoms with Crippen molar-refractivity contribution in [3.63, 3.8) is 0 Å². The van der Waals surface area contributed by atoms with Gasteiger partial charge in [0.05, 0.1) is 11.4 Å². The molecule has 0 spiro atoms. The van der Waals surface area contributed by atoms with Crippen molar-refractivity contribution in [1.82, 2.24) is 9.97 Å². The first-order valence-electron chi connectivity index (χ1n) is 9.68. The van der Waals surface area contributed by atoms with Crippen LogP contribution in [0.1, 0.15) is 43.0 Å². The standard InChI is InChI=1S/C24H25N3/c1-2-3-5-10-23-21(25)16-20-19-15-18(12-11-17-8-6-4-7-9-17)13-14-22(19)26-24(20)27-23/h4,6-9,11-16H,2-3,5,10,25H2,1H3,(H,26,27). The van der Waals surface area contributed by atoms with E-state index in [2.05, 4.69) is 72.6 Å². The minimum Gasteiger partial charge on any atom is -0.397 e. The average molecular weight is 355 g/mol. The lowest BCUT2D eigenvalue weighted by Crippen LogP contribution is -1.98. The summed E-state index contributed by atoms with van der Waals surface area (Å²) in [5.41, 5.74) is 12.5. The molecule has 3 N–H and O–H groups in total. The van der Waals surface area contributed by atoms with Gasteiger partial charge in [-0.15, -0.1) is 0 Å². The highest BCUT2D eigenvalue weighted by molar-refractivity contribution is 6.07. The first-order valence-corrected chi connectivity index (χ1v) is 9.68. The molecule has 3 nitrogen and oxygen atoms in total. The average Bonchev–Trinajstić information content (AvgIpc) is 3.04. The zero-order valence-electron chi connectivity index (χ0n) is 15.7. The van der Waals surface area contributed by atoms with Gasteiger partial charge < -0.3 is 10.7 Å². The molecule has 136 valence electrons. The van der Waals surface area contributed by atoms with Crippen LogP contribution in [-0.2, 0) is 6.42 Å². The Kier molecular flexibility index (Phi) is 4.93. The van der Waals surface area contributed by atoms with Crippen LogP contribution in [0.5, 0.6) is 0 Å². The smallest absolute Gasteiger partial charge is 0.138 e. The van der Waals surface area contributed by atoms with E-state index < -0.39 is 0 Å². The number of aromatic amines is 1. The van der Waals surface area contributed by atoms with Crippen molar-refractivity contribution in [2.75, 3.05) is 5.73 Å².